The molecule has 3 aromatic rings. The van der Waals surface area contributed by atoms with Crippen LogP contribution in [0, 0.1) is 0 Å². The fourth-order valence-corrected chi connectivity index (χ4v) is 3.23. The molecule has 0 radical (unpaired) electrons. The zero-order chi connectivity index (χ0) is 19.5. The number of benzene rings is 1. The van der Waals surface area contributed by atoms with Gasteiger partial charge in [0.15, 0.2) is 11.2 Å². The lowest BCUT2D eigenvalue weighted by molar-refractivity contribution is 0.0592. The molecule has 0 N–H and O–H groups in total. The molecule has 1 aromatic carbocycles. The van der Waals surface area contributed by atoms with Crippen LogP contribution in [0.4, 0.5) is 0 Å². The maximum atomic E-state index is 12.7. The van der Waals surface area contributed by atoms with Crippen LogP contribution in [0.25, 0.3) is 11.2 Å². The summed E-state index contributed by atoms with van der Waals surface area (Å²) < 4.78 is 2.16. The van der Waals surface area contributed by atoms with E-state index < -0.39 is 29.1 Å². The van der Waals surface area contributed by atoms with Crippen LogP contribution in [0.1, 0.15) is 39.4 Å². The molecule has 1 unspecified atom stereocenters. The Morgan fingerprint density at radius 3 is 2.11 bits per heavy atom. The third kappa shape index (κ3) is 2.24. The summed E-state index contributed by atoms with van der Waals surface area (Å²) in [5.74, 6) is -0.828. The second-order valence-electron chi connectivity index (χ2n) is 6.37. The number of aromatic nitrogens is 4. The number of hydrogen-bond donors (Lipinski definition) is 0. The lowest BCUT2D eigenvalue weighted by atomic mass is 10.1. The average Bonchev–Trinajstić information content (AvgIpc) is 2.94. The molecule has 0 fully saturated rings. The number of hydrogen-bond acceptors (Lipinski definition) is 6. The number of nitrogens with zero attached hydrogens (tertiary/aromatic N) is 5. The van der Waals surface area contributed by atoms with Crippen molar-refractivity contribution in [2.24, 2.45) is 14.1 Å². The molecule has 2 amide bonds. The molecular weight excluding hydrogens is 350 g/mol. The summed E-state index contributed by atoms with van der Waals surface area (Å²) >= 11 is 0. The van der Waals surface area contributed by atoms with Crippen LogP contribution >= 0.6 is 0 Å². The Morgan fingerprint density at radius 1 is 0.926 bits per heavy atom. The van der Waals surface area contributed by atoms with Crippen molar-refractivity contribution in [1.29, 1.82) is 0 Å². The smallest absolute Gasteiger partial charge is 0.279 e. The molecule has 0 bridgehead atoms. The Balaban J connectivity index is 1.84. The van der Waals surface area contributed by atoms with Crippen molar-refractivity contribution in [1.82, 2.24) is 24.0 Å². The predicted molar refractivity (Wildman–Crippen MR) is 95.4 cm³/mol. The van der Waals surface area contributed by atoms with E-state index >= 15 is 0 Å². The van der Waals surface area contributed by atoms with E-state index in [-0.39, 0.29) is 11.2 Å². The van der Waals surface area contributed by atoms with Gasteiger partial charge in [-0.1, -0.05) is 12.1 Å². The van der Waals surface area contributed by atoms with Gasteiger partial charge in [-0.3, -0.25) is 28.4 Å². The van der Waals surface area contributed by atoms with E-state index in [1.807, 2.05) is 0 Å². The molecule has 4 rings (SSSR count). The van der Waals surface area contributed by atoms with Gasteiger partial charge in [-0.05, 0) is 19.1 Å². The van der Waals surface area contributed by atoms with E-state index in [0.29, 0.717) is 16.8 Å². The van der Waals surface area contributed by atoms with Crippen molar-refractivity contribution in [2.45, 2.75) is 13.0 Å². The lowest BCUT2D eigenvalue weighted by Gasteiger charge is -2.22. The van der Waals surface area contributed by atoms with Gasteiger partial charge in [-0.15, -0.1) is 0 Å². The topological polar surface area (TPSA) is 107 Å². The van der Waals surface area contributed by atoms with Crippen LogP contribution in [-0.4, -0.2) is 35.8 Å². The molecule has 1 aliphatic rings. The molecule has 136 valence electrons. The van der Waals surface area contributed by atoms with Gasteiger partial charge in [0.05, 0.1) is 29.1 Å². The average molecular weight is 365 g/mol. The maximum absolute atomic E-state index is 12.7. The van der Waals surface area contributed by atoms with Crippen molar-refractivity contribution < 1.29 is 9.59 Å². The molecule has 0 aliphatic carbocycles. The summed E-state index contributed by atoms with van der Waals surface area (Å²) in [6.45, 7) is 1.65. The number of aryl methyl sites for hydroxylation is 1. The number of imide groups is 1. The Kier molecular flexibility index (Phi) is 3.55. The normalized spacial score (nSPS) is 14.7. The van der Waals surface area contributed by atoms with Crippen LogP contribution < -0.4 is 11.2 Å². The van der Waals surface area contributed by atoms with Crippen molar-refractivity contribution >= 4 is 23.0 Å². The fourth-order valence-electron chi connectivity index (χ4n) is 3.23. The number of amides is 2. The zero-order valence-electron chi connectivity index (χ0n) is 14.8. The number of carbonyl (C=O) groups excluding carboxylic acids is 2. The summed E-state index contributed by atoms with van der Waals surface area (Å²) in [7, 11) is 2.84. The molecule has 2 aromatic heterocycles. The summed E-state index contributed by atoms with van der Waals surface area (Å²) in [4.78, 5) is 59.3. The molecule has 3 heterocycles. The molecule has 9 nitrogen and oxygen atoms in total. The highest BCUT2D eigenvalue weighted by atomic mass is 16.2. The SMILES string of the molecule is CC(c1cnc2c(=O)n(C)c(=O)n(C)c2n1)N1C(=O)c2ccccc2C1=O. The van der Waals surface area contributed by atoms with E-state index in [2.05, 4.69) is 9.97 Å². The highest BCUT2D eigenvalue weighted by Gasteiger charge is 2.39. The first-order valence-corrected chi connectivity index (χ1v) is 8.22. The first kappa shape index (κ1) is 16.8. The minimum Gasteiger partial charge on any atom is -0.279 e. The molecule has 9 heteroatoms. The van der Waals surface area contributed by atoms with Gasteiger partial charge >= 0.3 is 5.69 Å². The number of carbonyl (C=O) groups is 2. The van der Waals surface area contributed by atoms with Gasteiger partial charge in [-0.25, -0.2) is 14.8 Å². The first-order valence-electron chi connectivity index (χ1n) is 8.22. The van der Waals surface area contributed by atoms with E-state index in [0.717, 1.165) is 9.47 Å². The molecule has 1 atom stereocenters. The molecule has 0 saturated carbocycles. The van der Waals surface area contributed by atoms with E-state index in [4.69, 9.17) is 0 Å². The summed E-state index contributed by atoms with van der Waals surface area (Å²) in [5.41, 5.74) is 0.0313. The van der Waals surface area contributed by atoms with Gasteiger partial charge in [-0.2, -0.15) is 0 Å². The van der Waals surface area contributed by atoms with Crippen molar-refractivity contribution in [2.75, 3.05) is 0 Å². The van der Waals surface area contributed by atoms with Crippen LogP contribution in [0.5, 0.6) is 0 Å². The van der Waals surface area contributed by atoms with Crippen molar-refractivity contribution in [3.63, 3.8) is 0 Å². The summed E-state index contributed by atoms with van der Waals surface area (Å²) in [5, 5.41) is 0. The molecule has 0 spiro atoms. The van der Waals surface area contributed by atoms with E-state index in [9.17, 15) is 19.2 Å². The summed E-state index contributed by atoms with van der Waals surface area (Å²) in [6, 6.07) is 5.87. The molecule has 0 saturated heterocycles. The molecular formula is C18H15N5O4. The quantitative estimate of drug-likeness (QED) is 0.608. The summed E-state index contributed by atoms with van der Waals surface area (Å²) in [6.07, 6.45) is 1.35. The highest BCUT2D eigenvalue weighted by Crippen LogP contribution is 2.30. The Morgan fingerprint density at radius 2 is 1.52 bits per heavy atom. The van der Waals surface area contributed by atoms with Gasteiger partial charge in [0.1, 0.15) is 0 Å². The maximum Gasteiger partial charge on any atom is 0.332 e. The fraction of sp³-hybridized carbons (Fsp3) is 0.222. The Bertz CT molecular complexity index is 1220. The zero-order valence-corrected chi connectivity index (χ0v) is 14.8. The standard InChI is InChI=1S/C18H15N5O4/c1-9(23-15(24)10-6-4-5-7-11(10)16(23)25)12-8-19-13-14(20-12)21(2)18(27)22(3)17(13)26/h4-9H,1-3H3. The molecule has 27 heavy (non-hydrogen) atoms. The van der Waals surface area contributed by atoms with Crippen LogP contribution in [0.15, 0.2) is 40.1 Å². The number of rotatable bonds is 2. The predicted octanol–water partition coefficient (Wildman–Crippen LogP) is 0.384. The van der Waals surface area contributed by atoms with Crippen molar-refractivity contribution in [3.8, 4) is 0 Å². The van der Waals surface area contributed by atoms with Gasteiger partial charge in [0.25, 0.3) is 17.4 Å². The lowest BCUT2D eigenvalue weighted by Crippen LogP contribution is -2.38. The van der Waals surface area contributed by atoms with Crippen LogP contribution in [0.3, 0.4) is 0 Å². The highest BCUT2D eigenvalue weighted by molar-refractivity contribution is 6.21. The minimum absolute atomic E-state index is 0.0397. The molecule has 1 aliphatic heterocycles. The second kappa shape index (κ2) is 5.70. The van der Waals surface area contributed by atoms with Crippen molar-refractivity contribution in [3.05, 3.63) is 68.1 Å². The number of fused-ring (bicyclic) bond motifs is 2. The second-order valence-corrected chi connectivity index (χ2v) is 6.37. The third-order valence-electron chi connectivity index (χ3n) is 4.81. The van der Waals surface area contributed by atoms with Crippen LogP contribution in [0.2, 0.25) is 0 Å². The monoisotopic (exact) mass is 365 g/mol. The van der Waals surface area contributed by atoms with Crippen LogP contribution in [-0.2, 0) is 14.1 Å². The van der Waals surface area contributed by atoms with E-state index in [1.54, 1.807) is 31.2 Å². The largest absolute Gasteiger partial charge is 0.332 e. The van der Waals surface area contributed by atoms with Gasteiger partial charge in [0, 0.05) is 14.1 Å². The first-order chi connectivity index (χ1) is 12.8. The third-order valence-corrected chi connectivity index (χ3v) is 4.81. The van der Waals surface area contributed by atoms with Gasteiger partial charge in [0.2, 0.25) is 0 Å². The Hall–Kier alpha value is -3.62. The van der Waals surface area contributed by atoms with Gasteiger partial charge < -0.3 is 0 Å². The Labute approximate surface area is 152 Å². The minimum atomic E-state index is -0.714. The van der Waals surface area contributed by atoms with E-state index in [1.165, 1.54) is 24.9 Å².